The molecule has 0 aliphatic carbocycles. The Morgan fingerprint density at radius 3 is 2.45 bits per heavy atom. The van der Waals surface area contributed by atoms with Gasteiger partial charge in [0.2, 0.25) is 5.91 Å². The SMILES string of the molecule is CCc1cccc(C)c1NC(=O)CSc1cccc(NC(=O)COc2ccccc2)c1. The third kappa shape index (κ3) is 6.89. The zero-order valence-electron chi connectivity index (χ0n) is 17.7. The topological polar surface area (TPSA) is 67.4 Å². The van der Waals surface area contributed by atoms with Crippen molar-refractivity contribution in [3.05, 3.63) is 83.9 Å². The minimum absolute atomic E-state index is 0.0558. The second-order valence-corrected chi connectivity index (χ2v) is 8.03. The molecule has 0 aromatic heterocycles. The van der Waals surface area contributed by atoms with E-state index in [4.69, 9.17) is 4.74 Å². The van der Waals surface area contributed by atoms with Crippen molar-refractivity contribution >= 4 is 35.0 Å². The molecular formula is C25H26N2O3S. The molecule has 0 radical (unpaired) electrons. The van der Waals surface area contributed by atoms with Gasteiger partial charge in [-0.15, -0.1) is 11.8 Å². The van der Waals surface area contributed by atoms with E-state index in [1.54, 1.807) is 12.1 Å². The molecule has 5 nitrogen and oxygen atoms in total. The van der Waals surface area contributed by atoms with Crippen LogP contribution in [0.3, 0.4) is 0 Å². The molecule has 2 N–H and O–H groups in total. The van der Waals surface area contributed by atoms with E-state index in [1.807, 2.05) is 67.6 Å². The number of hydrogen-bond acceptors (Lipinski definition) is 4. The van der Waals surface area contributed by atoms with Crippen molar-refractivity contribution in [2.45, 2.75) is 25.2 Å². The number of anilines is 2. The number of hydrogen-bond donors (Lipinski definition) is 2. The number of carbonyl (C=O) groups excluding carboxylic acids is 2. The fourth-order valence-corrected chi connectivity index (χ4v) is 3.81. The standard InChI is InChI=1S/C25H26N2O3S/c1-3-19-10-7-9-18(2)25(19)27-24(29)17-31-22-14-8-11-20(15-22)26-23(28)16-30-21-12-5-4-6-13-21/h4-15H,3,16-17H2,1-2H3,(H,26,28)(H,27,29). The molecule has 0 heterocycles. The zero-order valence-corrected chi connectivity index (χ0v) is 18.5. The van der Waals surface area contributed by atoms with Crippen LogP contribution >= 0.6 is 11.8 Å². The summed E-state index contributed by atoms with van der Waals surface area (Å²) >= 11 is 1.42. The van der Waals surface area contributed by atoms with Crippen molar-refractivity contribution < 1.29 is 14.3 Å². The molecule has 160 valence electrons. The normalized spacial score (nSPS) is 10.4. The highest BCUT2D eigenvalue weighted by molar-refractivity contribution is 8.00. The van der Waals surface area contributed by atoms with Crippen molar-refractivity contribution in [3.63, 3.8) is 0 Å². The Morgan fingerprint density at radius 1 is 0.903 bits per heavy atom. The monoisotopic (exact) mass is 434 g/mol. The fourth-order valence-electron chi connectivity index (χ4n) is 3.05. The fraction of sp³-hybridized carbons (Fsp3) is 0.200. The van der Waals surface area contributed by atoms with Gasteiger partial charge in [-0.2, -0.15) is 0 Å². The first kappa shape index (κ1) is 22.4. The maximum Gasteiger partial charge on any atom is 0.262 e. The second-order valence-electron chi connectivity index (χ2n) is 6.98. The van der Waals surface area contributed by atoms with Gasteiger partial charge in [0.1, 0.15) is 5.75 Å². The molecular weight excluding hydrogens is 408 g/mol. The number of carbonyl (C=O) groups is 2. The van der Waals surface area contributed by atoms with E-state index in [1.165, 1.54) is 11.8 Å². The predicted molar refractivity (Wildman–Crippen MR) is 127 cm³/mol. The van der Waals surface area contributed by atoms with Crippen LogP contribution < -0.4 is 15.4 Å². The van der Waals surface area contributed by atoms with Gasteiger partial charge in [-0.25, -0.2) is 0 Å². The molecule has 0 atom stereocenters. The van der Waals surface area contributed by atoms with Crippen molar-refractivity contribution in [2.75, 3.05) is 23.0 Å². The van der Waals surface area contributed by atoms with Gasteiger partial charge in [0.15, 0.2) is 6.61 Å². The average molecular weight is 435 g/mol. The minimum Gasteiger partial charge on any atom is -0.484 e. The molecule has 0 aliphatic rings. The summed E-state index contributed by atoms with van der Waals surface area (Å²) in [6.45, 7) is 4.00. The first-order valence-corrected chi connectivity index (χ1v) is 11.1. The first-order valence-electron chi connectivity index (χ1n) is 10.1. The van der Waals surface area contributed by atoms with Crippen molar-refractivity contribution in [2.24, 2.45) is 0 Å². The van der Waals surface area contributed by atoms with Crippen LogP contribution in [0.15, 0.2) is 77.7 Å². The molecule has 0 saturated carbocycles. The molecule has 6 heteroatoms. The van der Waals surface area contributed by atoms with Gasteiger partial charge in [-0.1, -0.05) is 49.4 Å². The Kier molecular flexibility index (Phi) is 8.12. The minimum atomic E-state index is -0.240. The number of aryl methyl sites for hydroxylation is 2. The van der Waals surface area contributed by atoms with Crippen LogP contribution in [0.5, 0.6) is 5.75 Å². The van der Waals surface area contributed by atoms with Crippen LogP contribution in [-0.4, -0.2) is 24.2 Å². The van der Waals surface area contributed by atoms with Gasteiger partial charge in [-0.05, 0) is 54.8 Å². The van der Waals surface area contributed by atoms with E-state index < -0.39 is 0 Å². The lowest BCUT2D eigenvalue weighted by atomic mass is 10.1. The molecule has 0 aliphatic heterocycles. The highest BCUT2D eigenvalue weighted by Gasteiger charge is 2.10. The number of ether oxygens (including phenoxy) is 1. The molecule has 2 amide bonds. The van der Waals surface area contributed by atoms with Crippen LogP contribution in [0, 0.1) is 6.92 Å². The lowest BCUT2D eigenvalue weighted by Gasteiger charge is -2.13. The highest BCUT2D eigenvalue weighted by Crippen LogP contribution is 2.24. The molecule has 0 unspecified atom stereocenters. The summed E-state index contributed by atoms with van der Waals surface area (Å²) in [4.78, 5) is 25.5. The smallest absolute Gasteiger partial charge is 0.262 e. The van der Waals surface area contributed by atoms with Crippen LogP contribution in [0.2, 0.25) is 0 Å². The van der Waals surface area contributed by atoms with Gasteiger partial charge in [0.05, 0.1) is 5.75 Å². The van der Waals surface area contributed by atoms with E-state index >= 15 is 0 Å². The number of rotatable bonds is 9. The molecule has 3 aromatic rings. The van der Waals surface area contributed by atoms with Crippen molar-refractivity contribution in [3.8, 4) is 5.75 Å². The molecule has 31 heavy (non-hydrogen) atoms. The van der Waals surface area contributed by atoms with E-state index in [2.05, 4.69) is 17.6 Å². The van der Waals surface area contributed by atoms with Crippen molar-refractivity contribution in [1.82, 2.24) is 0 Å². The van der Waals surface area contributed by atoms with Crippen LogP contribution in [-0.2, 0) is 16.0 Å². The van der Waals surface area contributed by atoms with E-state index in [-0.39, 0.29) is 24.2 Å². The Bertz CT molecular complexity index is 1040. The molecule has 0 spiro atoms. The first-order chi connectivity index (χ1) is 15.0. The van der Waals surface area contributed by atoms with E-state index in [0.717, 1.165) is 28.1 Å². The third-order valence-corrected chi connectivity index (χ3v) is 5.60. The van der Waals surface area contributed by atoms with Gasteiger partial charge >= 0.3 is 0 Å². The molecule has 0 bridgehead atoms. The van der Waals surface area contributed by atoms with Crippen molar-refractivity contribution in [1.29, 1.82) is 0 Å². The summed E-state index contributed by atoms with van der Waals surface area (Å²) in [5, 5.41) is 5.86. The largest absolute Gasteiger partial charge is 0.484 e. The number of thioether (sulfide) groups is 1. The lowest BCUT2D eigenvalue weighted by molar-refractivity contribution is -0.118. The maximum absolute atomic E-state index is 12.5. The van der Waals surface area contributed by atoms with E-state index in [9.17, 15) is 9.59 Å². The summed E-state index contributed by atoms with van der Waals surface area (Å²) in [7, 11) is 0. The number of nitrogens with one attached hydrogen (secondary N) is 2. The average Bonchev–Trinajstić information content (AvgIpc) is 2.78. The summed E-state index contributed by atoms with van der Waals surface area (Å²) in [6.07, 6.45) is 0.861. The Labute approximate surface area is 187 Å². The van der Waals surface area contributed by atoms with Crippen LogP contribution in [0.25, 0.3) is 0 Å². The Hall–Kier alpha value is -3.25. The van der Waals surface area contributed by atoms with Gasteiger partial charge in [0.25, 0.3) is 5.91 Å². The van der Waals surface area contributed by atoms with E-state index in [0.29, 0.717) is 11.4 Å². The quantitative estimate of drug-likeness (QED) is 0.448. The van der Waals surface area contributed by atoms with Crippen LogP contribution in [0.1, 0.15) is 18.1 Å². The lowest BCUT2D eigenvalue weighted by Crippen LogP contribution is -2.20. The highest BCUT2D eigenvalue weighted by atomic mass is 32.2. The summed E-state index contributed by atoms with van der Waals surface area (Å²) in [5.41, 5.74) is 3.75. The Morgan fingerprint density at radius 2 is 1.68 bits per heavy atom. The van der Waals surface area contributed by atoms with Crippen LogP contribution in [0.4, 0.5) is 11.4 Å². The second kappa shape index (κ2) is 11.2. The van der Waals surface area contributed by atoms with Gasteiger partial charge in [0, 0.05) is 16.3 Å². The molecule has 0 saturated heterocycles. The maximum atomic E-state index is 12.5. The van der Waals surface area contributed by atoms with Gasteiger partial charge < -0.3 is 15.4 Å². The van der Waals surface area contributed by atoms with Gasteiger partial charge in [-0.3, -0.25) is 9.59 Å². The molecule has 0 fully saturated rings. The zero-order chi connectivity index (χ0) is 22.1. The third-order valence-electron chi connectivity index (χ3n) is 4.61. The number of para-hydroxylation sites is 2. The predicted octanol–water partition coefficient (Wildman–Crippen LogP) is 5.31. The molecule has 3 aromatic carbocycles. The molecule has 3 rings (SSSR count). The summed E-state index contributed by atoms with van der Waals surface area (Å²) < 4.78 is 5.46. The number of benzene rings is 3. The Balaban J connectivity index is 1.51. The number of amides is 2. The summed E-state index contributed by atoms with van der Waals surface area (Å²) in [5.74, 6) is 0.634. The summed E-state index contributed by atoms with van der Waals surface area (Å²) in [6, 6.07) is 22.7.